The van der Waals surface area contributed by atoms with E-state index in [1.54, 1.807) is 17.6 Å². The van der Waals surface area contributed by atoms with Crippen LogP contribution in [0.3, 0.4) is 0 Å². The van der Waals surface area contributed by atoms with Crippen LogP contribution in [-0.4, -0.2) is 6.54 Å². The van der Waals surface area contributed by atoms with Crippen molar-refractivity contribution >= 4 is 11.3 Å². The summed E-state index contributed by atoms with van der Waals surface area (Å²) in [6, 6.07) is 4.48. The first-order valence-corrected chi connectivity index (χ1v) is 6.54. The SMILES string of the molecule is CCNC(Cc1ccsc1)c1occc1C. The van der Waals surface area contributed by atoms with E-state index in [0.29, 0.717) is 0 Å². The van der Waals surface area contributed by atoms with E-state index in [9.17, 15) is 0 Å². The van der Waals surface area contributed by atoms with Gasteiger partial charge in [0.25, 0.3) is 0 Å². The van der Waals surface area contributed by atoms with Gasteiger partial charge in [0.15, 0.2) is 0 Å². The van der Waals surface area contributed by atoms with Crippen LogP contribution in [0.2, 0.25) is 0 Å². The molecule has 16 heavy (non-hydrogen) atoms. The summed E-state index contributed by atoms with van der Waals surface area (Å²) in [6.45, 7) is 5.17. The van der Waals surface area contributed by atoms with Crippen LogP contribution in [0.1, 0.15) is 29.9 Å². The summed E-state index contributed by atoms with van der Waals surface area (Å²) in [5, 5.41) is 7.79. The van der Waals surface area contributed by atoms with E-state index < -0.39 is 0 Å². The topological polar surface area (TPSA) is 25.2 Å². The Morgan fingerprint density at radius 1 is 1.44 bits per heavy atom. The Balaban J connectivity index is 2.14. The second-order valence-corrected chi connectivity index (χ2v) is 4.69. The maximum atomic E-state index is 5.57. The minimum atomic E-state index is 0.287. The molecule has 86 valence electrons. The van der Waals surface area contributed by atoms with Crippen LogP contribution in [0.5, 0.6) is 0 Å². The zero-order valence-corrected chi connectivity index (χ0v) is 10.5. The summed E-state index contributed by atoms with van der Waals surface area (Å²) in [5.41, 5.74) is 2.59. The van der Waals surface area contributed by atoms with Gasteiger partial charge in [0.05, 0.1) is 12.3 Å². The monoisotopic (exact) mass is 235 g/mol. The smallest absolute Gasteiger partial charge is 0.123 e. The van der Waals surface area contributed by atoms with E-state index in [1.165, 1.54) is 11.1 Å². The normalized spacial score (nSPS) is 12.9. The van der Waals surface area contributed by atoms with Gasteiger partial charge in [-0.25, -0.2) is 0 Å². The molecule has 1 atom stereocenters. The van der Waals surface area contributed by atoms with Crippen LogP contribution in [0, 0.1) is 6.92 Å². The first-order valence-electron chi connectivity index (χ1n) is 5.59. The fraction of sp³-hybridized carbons (Fsp3) is 0.385. The second-order valence-electron chi connectivity index (χ2n) is 3.91. The number of hydrogen-bond donors (Lipinski definition) is 1. The lowest BCUT2D eigenvalue weighted by Crippen LogP contribution is -2.22. The minimum Gasteiger partial charge on any atom is -0.467 e. The highest BCUT2D eigenvalue weighted by Crippen LogP contribution is 2.23. The van der Waals surface area contributed by atoms with E-state index in [-0.39, 0.29) is 6.04 Å². The summed E-state index contributed by atoms with van der Waals surface area (Å²) in [7, 11) is 0. The van der Waals surface area contributed by atoms with Crippen LogP contribution >= 0.6 is 11.3 Å². The Kier molecular flexibility index (Phi) is 3.80. The Morgan fingerprint density at radius 2 is 2.31 bits per heavy atom. The number of hydrogen-bond acceptors (Lipinski definition) is 3. The third-order valence-electron chi connectivity index (χ3n) is 2.69. The minimum absolute atomic E-state index is 0.287. The largest absolute Gasteiger partial charge is 0.467 e. The molecule has 0 amide bonds. The summed E-state index contributed by atoms with van der Waals surface area (Å²) >= 11 is 1.74. The number of nitrogens with one attached hydrogen (secondary N) is 1. The van der Waals surface area contributed by atoms with E-state index >= 15 is 0 Å². The maximum absolute atomic E-state index is 5.57. The number of rotatable bonds is 5. The average Bonchev–Trinajstić information content (AvgIpc) is 2.88. The molecule has 2 aromatic heterocycles. The third-order valence-corrected chi connectivity index (χ3v) is 3.42. The van der Waals surface area contributed by atoms with Gasteiger partial charge in [-0.3, -0.25) is 0 Å². The molecule has 0 aliphatic rings. The molecule has 2 nitrogen and oxygen atoms in total. The van der Waals surface area contributed by atoms with Gasteiger partial charge >= 0.3 is 0 Å². The van der Waals surface area contributed by atoms with Gasteiger partial charge in [-0.05, 0) is 53.9 Å². The average molecular weight is 235 g/mol. The third kappa shape index (κ3) is 2.54. The predicted molar refractivity (Wildman–Crippen MR) is 67.9 cm³/mol. The van der Waals surface area contributed by atoms with E-state index in [1.807, 2.05) is 6.07 Å². The second kappa shape index (κ2) is 5.32. The summed E-state index contributed by atoms with van der Waals surface area (Å²) in [6.07, 6.45) is 2.76. The van der Waals surface area contributed by atoms with Crippen LogP contribution in [0.25, 0.3) is 0 Å². The van der Waals surface area contributed by atoms with Crippen molar-refractivity contribution in [1.29, 1.82) is 0 Å². The van der Waals surface area contributed by atoms with Crippen molar-refractivity contribution in [1.82, 2.24) is 5.32 Å². The standard InChI is InChI=1S/C13H17NOS/c1-3-14-12(8-11-5-7-16-9-11)13-10(2)4-6-15-13/h4-7,9,12,14H,3,8H2,1-2H3. The number of thiophene rings is 1. The van der Waals surface area contributed by atoms with Gasteiger partial charge in [-0.1, -0.05) is 6.92 Å². The molecule has 0 aliphatic carbocycles. The van der Waals surface area contributed by atoms with Crippen LogP contribution in [0.4, 0.5) is 0 Å². The molecule has 2 rings (SSSR count). The molecule has 0 fully saturated rings. The molecule has 0 radical (unpaired) electrons. The number of aryl methyl sites for hydroxylation is 1. The van der Waals surface area contributed by atoms with Crippen molar-refractivity contribution in [2.75, 3.05) is 6.54 Å². The van der Waals surface area contributed by atoms with Gasteiger partial charge in [0.1, 0.15) is 5.76 Å². The zero-order valence-electron chi connectivity index (χ0n) is 9.69. The Bertz CT molecular complexity index is 419. The molecular formula is C13H17NOS. The fourth-order valence-electron chi connectivity index (χ4n) is 1.89. The van der Waals surface area contributed by atoms with Gasteiger partial charge in [-0.15, -0.1) is 0 Å². The van der Waals surface area contributed by atoms with Gasteiger partial charge in [0.2, 0.25) is 0 Å². The van der Waals surface area contributed by atoms with Crippen molar-refractivity contribution < 1.29 is 4.42 Å². The van der Waals surface area contributed by atoms with Crippen molar-refractivity contribution in [3.8, 4) is 0 Å². The summed E-state index contributed by atoms with van der Waals surface area (Å²) in [4.78, 5) is 0. The molecular weight excluding hydrogens is 218 g/mol. The highest BCUT2D eigenvalue weighted by atomic mass is 32.1. The molecule has 2 heterocycles. The fourth-order valence-corrected chi connectivity index (χ4v) is 2.57. The first kappa shape index (κ1) is 11.4. The molecule has 0 aromatic carbocycles. The van der Waals surface area contributed by atoms with E-state index in [2.05, 4.69) is 36.0 Å². The van der Waals surface area contributed by atoms with Gasteiger partial charge in [0, 0.05) is 0 Å². The summed E-state index contributed by atoms with van der Waals surface area (Å²) in [5.74, 6) is 1.06. The van der Waals surface area contributed by atoms with Crippen LogP contribution in [0.15, 0.2) is 33.6 Å². The molecule has 0 saturated heterocycles. The number of furan rings is 1. The van der Waals surface area contributed by atoms with E-state index in [0.717, 1.165) is 18.7 Å². The van der Waals surface area contributed by atoms with Crippen LogP contribution < -0.4 is 5.32 Å². The summed E-state index contributed by atoms with van der Waals surface area (Å²) < 4.78 is 5.57. The van der Waals surface area contributed by atoms with Gasteiger partial charge in [-0.2, -0.15) is 11.3 Å². The highest BCUT2D eigenvalue weighted by molar-refractivity contribution is 7.07. The molecule has 0 saturated carbocycles. The Labute approximate surface area is 100 Å². The zero-order chi connectivity index (χ0) is 11.4. The van der Waals surface area contributed by atoms with Crippen molar-refractivity contribution in [2.45, 2.75) is 26.3 Å². The van der Waals surface area contributed by atoms with Crippen molar-refractivity contribution in [2.24, 2.45) is 0 Å². The lowest BCUT2D eigenvalue weighted by molar-refractivity contribution is 0.414. The molecule has 3 heteroatoms. The molecule has 2 aromatic rings. The highest BCUT2D eigenvalue weighted by Gasteiger charge is 2.16. The quantitative estimate of drug-likeness (QED) is 0.857. The van der Waals surface area contributed by atoms with Gasteiger partial charge < -0.3 is 9.73 Å². The van der Waals surface area contributed by atoms with E-state index in [4.69, 9.17) is 4.42 Å². The molecule has 1 N–H and O–H groups in total. The van der Waals surface area contributed by atoms with Crippen molar-refractivity contribution in [3.63, 3.8) is 0 Å². The Hall–Kier alpha value is -1.06. The lowest BCUT2D eigenvalue weighted by atomic mass is 10.0. The maximum Gasteiger partial charge on any atom is 0.123 e. The predicted octanol–water partition coefficient (Wildman–Crippen LogP) is 3.54. The number of likely N-dealkylation sites (N-methyl/N-ethyl adjacent to an activating group) is 1. The molecule has 0 spiro atoms. The Morgan fingerprint density at radius 3 is 2.88 bits per heavy atom. The molecule has 1 unspecified atom stereocenters. The van der Waals surface area contributed by atoms with Crippen molar-refractivity contribution in [3.05, 3.63) is 46.0 Å². The van der Waals surface area contributed by atoms with Crippen LogP contribution in [-0.2, 0) is 6.42 Å². The first-order chi connectivity index (χ1) is 7.81. The molecule has 0 aliphatic heterocycles. The lowest BCUT2D eigenvalue weighted by Gasteiger charge is -2.15. The molecule has 0 bridgehead atoms.